The smallest absolute Gasteiger partial charge is 0.346 e. The average Bonchev–Trinajstić information content (AvgIpc) is 3.04. The summed E-state index contributed by atoms with van der Waals surface area (Å²) in [4.78, 5) is 11.3. The third-order valence-corrected chi connectivity index (χ3v) is 3.11. The van der Waals surface area contributed by atoms with Crippen LogP contribution in [0.5, 0.6) is 0 Å². The number of alkyl halides is 3. The van der Waals surface area contributed by atoms with Gasteiger partial charge in [0.05, 0.1) is 11.9 Å². The molecular weight excluding hydrogens is 283 g/mol. The number of rotatable bonds is 4. The molecule has 1 N–H and O–H groups in total. The Morgan fingerprint density at radius 2 is 2.14 bits per heavy atom. The fourth-order valence-corrected chi connectivity index (χ4v) is 2.15. The Labute approximate surface area is 119 Å². The highest BCUT2D eigenvalue weighted by Gasteiger charge is 2.26. The minimum absolute atomic E-state index is 0. The molecule has 3 aromatic heterocycles. The van der Waals surface area contributed by atoms with Gasteiger partial charge in [0.15, 0.2) is 0 Å². The summed E-state index contributed by atoms with van der Waals surface area (Å²) in [5, 5.41) is 4.94. The Kier molecular flexibility index (Phi) is 3.36. The first-order chi connectivity index (χ1) is 10.0. The number of nitrogens with zero attached hydrogens (tertiary/aromatic N) is 4. The SMILES string of the molecule is FC(F)(F)CCCn1cc(-c2ncnc3[nH]ccc23)cn1.[HH]. The molecule has 0 bridgehead atoms. The van der Waals surface area contributed by atoms with Gasteiger partial charge in [-0.25, -0.2) is 9.97 Å². The first-order valence-corrected chi connectivity index (χ1v) is 6.40. The van der Waals surface area contributed by atoms with Crippen molar-refractivity contribution in [2.24, 2.45) is 0 Å². The molecule has 0 amide bonds. The third kappa shape index (κ3) is 3.04. The highest BCUT2D eigenvalue weighted by atomic mass is 19.4. The second-order valence-electron chi connectivity index (χ2n) is 4.67. The van der Waals surface area contributed by atoms with Crippen LogP contribution in [0.15, 0.2) is 31.0 Å². The van der Waals surface area contributed by atoms with Crippen molar-refractivity contribution in [3.8, 4) is 11.3 Å². The lowest BCUT2D eigenvalue weighted by molar-refractivity contribution is -0.136. The highest BCUT2D eigenvalue weighted by Crippen LogP contribution is 2.25. The number of hydrogen-bond acceptors (Lipinski definition) is 3. The van der Waals surface area contributed by atoms with Crippen molar-refractivity contribution in [1.82, 2.24) is 24.7 Å². The molecule has 0 atom stereocenters. The Bertz CT molecular complexity index is 749. The molecular formula is C13H14F3N5. The van der Waals surface area contributed by atoms with Crippen molar-refractivity contribution in [3.63, 3.8) is 0 Å². The predicted molar refractivity (Wildman–Crippen MR) is 72.5 cm³/mol. The zero-order valence-electron chi connectivity index (χ0n) is 10.9. The van der Waals surface area contributed by atoms with Crippen molar-refractivity contribution in [3.05, 3.63) is 31.0 Å². The van der Waals surface area contributed by atoms with E-state index in [0.717, 1.165) is 10.9 Å². The van der Waals surface area contributed by atoms with E-state index in [4.69, 9.17) is 0 Å². The van der Waals surface area contributed by atoms with E-state index in [9.17, 15) is 13.2 Å². The molecule has 0 radical (unpaired) electrons. The van der Waals surface area contributed by atoms with Gasteiger partial charge in [0.2, 0.25) is 0 Å². The molecule has 0 aliphatic carbocycles. The second kappa shape index (κ2) is 5.19. The van der Waals surface area contributed by atoms with E-state index in [1.54, 1.807) is 18.6 Å². The van der Waals surface area contributed by atoms with Gasteiger partial charge in [-0.05, 0) is 12.5 Å². The molecule has 0 fully saturated rings. The van der Waals surface area contributed by atoms with Crippen molar-refractivity contribution < 1.29 is 14.6 Å². The minimum atomic E-state index is -4.13. The average molecular weight is 297 g/mol. The Hall–Kier alpha value is -2.38. The first-order valence-electron chi connectivity index (χ1n) is 6.40. The van der Waals surface area contributed by atoms with Gasteiger partial charge in [0, 0.05) is 37.7 Å². The van der Waals surface area contributed by atoms with Gasteiger partial charge in [-0.1, -0.05) is 0 Å². The number of nitrogens with one attached hydrogen (secondary N) is 1. The van der Waals surface area contributed by atoms with Crippen LogP contribution < -0.4 is 0 Å². The van der Waals surface area contributed by atoms with Gasteiger partial charge < -0.3 is 4.98 Å². The summed E-state index contributed by atoms with van der Waals surface area (Å²) < 4.78 is 37.9. The molecule has 3 heterocycles. The number of hydrogen-bond donors (Lipinski definition) is 1. The minimum Gasteiger partial charge on any atom is -0.346 e. The first kappa shape index (κ1) is 13.6. The second-order valence-corrected chi connectivity index (χ2v) is 4.67. The number of aromatic amines is 1. The molecule has 0 saturated carbocycles. The molecule has 3 rings (SSSR count). The van der Waals surface area contributed by atoms with Gasteiger partial charge in [0.25, 0.3) is 0 Å². The topological polar surface area (TPSA) is 59.4 Å². The summed E-state index contributed by atoms with van der Waals surface area (Å²) in [5.41, 5.74) is 2.18. The molecule has 0 spiro atoms. The number of aromatic nitrogens is 5. The van der Waals surface area contributed by atoms with Gasteiger partial charge >= 0.3 is 6.18 Å². The summed E-state index contributed by atoms with van der Waals surface area (Å²) in [6, 6.07) is 1.85. The van der Waals surface area contributed by atoms with E-state index >= 15 is 0 Å². The molecule has 0 aliphatic rings. The summed E-state index contributed by atoms with van der Waals surface area (Å²) in [6.07, 6.45) is 1.57. The number of fused-ring (bicyclic) bond motifs is 1. The lowest BCUT2D eigenvalue weighted by Crippen LogP contribution is -2.09. The molecule has 0 saturated heterocycles. The number of halogens is 3. The van der Waals surface area contributed by atoms with Crippen LogP contribution >= 0.6 is 0 Å². The van der Waals surface area contributed by atoms with Crippen molar-refractivity contribution >= 4 is 11.0 Å². The lowest BCUT2D eigenvalue weighted by atomic mass is 10.2. The van der Waals surface area contributed by atoms with Gasteiger partial charge in [-0.3, -0.25) is 4.68 Å². The largest absolute Gasteiger partial charge is 0.389 e. The van der Waals surface area contributed by atoms with Crippen LogP contribution in [0.1, 0.15) is 14.3 Å². The Morgan fingerprint density at radius 3 is 2.95 bits per heavy atom. The number of H-pyrrole nitrogens is 1. The van der Waals surface area contributed by atoms with Crippen LogP contribution in [0.4, 0.5) is 13.2 Å². The molecule has 8 heteroatoms. The zero-order chi connectivity index (χ0) is 14.9. The van der Waals surface area contributed by atoms with Crippen molar-refractivity contribution in [2.75, 3.05) is 0 Å². The van der Waals surface area contributed by atoms with Gasteiger partial charge in [-0.2, -0.15) is 18.3 Å². The maximum Gasteiger partial charge on any atom is 0.389 e. The van der Waals surface area contributed by atoms with Crippen LogP contribution in [0, 0.1) is 0 Å². The molecule has 0 aromatic carbocycles. The van der Waals surface area contributed by atoms with Crippen molar-refractivity contribution in [2.45, 2.75) is 25.6 Å². The monoisotopic (exact) mass is 297 g/mol. The van der Waals surface area contributed by atoms with Crippen LogP contribution in [0.2, 0.25) is 0 Å². The van der Waals surface area contributed by atoms with Crippen LogP contribution in [-0.4, -0.2) is 30.9 Å². The van der Waals surface area contributed by atoms with Crippen LogP contribution in [-0.2, 0) is 6.54 Å². The van der Waals surface area contributed by atoms with Crippen LogP contribution in [0.3, 0.4) is 0 Å². The maximum atomic E-state index is 12.1. The fourth-order valence-electron chi connectivity index (χ4n) is 2.15. The Balaban J connectivity index is 0.00000176. The van der Waals surface area contributed by atoms with Crippen LogP contribution in [0.25, 0.3) is 22.3 Å². The Morgan fingerprint density at radius 1 is 1.29 bits per heavy atom. The molecule has 21 heavy (non-hydrogen) atoms. The fraction of sp³-hybridized carbons (Fsp3) is 0.308. The van der Waals surface area contributed by atoms with E-state index in [1.807, 2.05) is 6.07 Å². The summed E-state index contributed by atoms with van der Waals surface area (Å²) in [7, 11) is 0. The highest BCUT2D eigenvalue weighted by molar-refractivity contribution is 5.89. The van der Waals surface area contributed by atoms with E-state index < -0.39 is 12.6 Å². The predicted octanol–water partition coefficient (Wildman–Crippen LogP) is 3.41. The molecule has 3 aromatic rings. The van der Waals surface area contributed by atoms with E-state index in [0.29, 0.717) is 11.3 Å². The standard InChI is InChI=1S/C13H12F3N5.H2/c14-13(15,16)3-1-5-21-7-9(6-20-21)11-10-2-4-17-12(10)19-8-18-11;/h2,4,6-8H,1,3,5H2,(H,17,18,19);1H. The summed E-state index contributed by atoms with van der Waals surface area (Å²) >= 11 is 0. The van der Waals surface area contributed by atoms with Gasteiger partial charge in [0.1, 0.15) is 12.0 Å². The molecule has 0 unspecified atom stereocenters. The van der Waals surface area contributed by atoms with E-state index in [2.05, 4.69) is 20.1 Å². The quantitative estimate of drug-likeness (QED) is 0.802. The maximum absolute atomic E-state index is 12.1. The molecule has 112 valence electrons. The summed E-state index contributed by atoms with van der Waals surface area (Å²) in [5.74, 6) is 0. The molecule has 0 aliphatic heterocycles. The summed E-state index contributed by atoms with van der Waals surface area (Å²) in [6.45, 7) is 0.223. The van der Waals surface area contributed by atoms with Gasteiger partial charge in [-0.15, -0.1) is 0 Å². The third-order valence-electron chi connectivity index (χ3n) is 3.11. The van der Waals surface area contributed by atoms with E-state index in [1.165, 1.54) is 11.0 Å². The van der Waals surface area contributed by atoms with Crippen molar-refractivity contribution in [1.29, 1.82) is 0 Å². The van der Waals surface area contributed by atoms with E-state index in [-0.39, 0.29) is 14.4 Å². The normalized spacial score (nSPS) is 12.1. The lowest BCUT2D eigenvalue weighted by Gasteiger charge is -2.05. The molecule has 5 nitrogen and oxygen atoms in total. The zero-order valence-corrected chi connectivity index (χ0v) is 10.9. The number of aryl methyl sites for hydroxylation is 1.